The van der Waals surface area contributed by atoms with E-state index in [1.165, 1.54) is 0 Å². The molecule has 2 fully saturated rings. The molecule has 5 rings (SSSR count). The van der Waals surface area contributed by atoms with Gasteiger partial charge < -0.3 is 28.7 Å². The number of hydrogen-bond acceptors (Lipinski definition) is 6. The number of carbonyl (C=O) groups is 2. The average Bonchev–Trinajstić information content (AvgIpc) is 2.87. The number of piperidine rings is 1. The van der Waals surface area contributed by atoms with Gasteiger partial charge in [-0.05, 0) is 44.7 Å². The van der Waals surface area contributed by atoms with Crippen molar-refractivity contribution in [1.82, 2.24) is 14.4 Å². The van der Waals surface area contributed by atoms with E-state index >= 15 is 0 Å². The monoisotopic (exact) mass is 508 g/mol. The SMILES string of the molecule is CC(C)(C)OC(=O)N1CC2C[C@@H](C1)c1cc(N3CCN(C(=O)OCc4ccccc4)CC3)cc(=O)n1C2. The van der Waals surface area contributed by atoms with Crippen molar-refractivity contribution in [2.75, 3.05) is 44.2 Å². The summed E-state index contributed by atoms with van der Waals surface area (Å²) in [5, 5.41) is 0. The molecule has 4 heterocycles. The predicted molar refractivity (Wildman–Crippen MR) is 140 cm³/mol. The first-order valence-corrected chi connectivity index (χ1v) is 13.1. The van der Waals surface area contributed by atoms with Crippen molar-refractivity contribution in [3.8, 4) is 0 Å². The van der Waals surface area contributed by atoms with E-state index < -0.39 is 5.60 Å². The van der Waals surface area contributed by atoms with Crippen LogP contribution in [0.4, 0.5) is 15.3 Å². The number of anilines is 1. The maximum Gasteiger partial charge on any atom is 0.410 e. The number of benzene rings is 1. The molecule has 2 bridgehead atoms. The number of likely N-dealkylation sites (tertiary alicyclic amines) is 1. The smallest absolute Gasteiger partial charge is 0.410 e. The minimum absolute atomic E-state index is 0.00221. The molecule has 198 valence electrons. The lowest BCUT2D eigenvalue weighted by molar-refractivity contribution is 0.0102. The Morgan fingerprint density at radius 1 is 0.919 bits per heavy atom. The maximum atomic E-state index is 13.1. The van der Waals surface area contributed by atoms with Crippen LogP contribution < -0.4 is 10.5 Å². The number of aromatic nitrogens is 1. The van der Waals surface area contributed by atoms with Crippen LogP contribution in [0.5, 0.6) is 0 Å². The van der Waals surface area contributed by atoms with Gasteiger partial charge in [0.2, 0.25) is 0 Å². The highest BCUT2D eigenvalue weighted by molar-refractivity contribution is 5.69. The summed E-state index contributed by atoms with van der Waals surface area (Å²) in [6, 6.07) is 13.4. The van der Waals surface area contributed by atoms with Gasteiger partial charge in [-0.1, -0.05) is 30.3 Å². The predicted octanol–water partition coefficient (Wildman–Crippen LogP) is 3.66. The molecule has 2 amide bonds. The van der Waals surface area contributed by atoms with E-state index in [1.807, 2.05) is 55.7 Å². The summed E-state index contributed by atoms with van der Waals surface area (Å²) in [7, 11) is 0. The Morgan fingerprint density at radius 2 is 1.65 bits per heavy atom. The van der Waals surface area contributed by atoms with Crippen LogP contribution in [0, 0.1) is 5.92 Å². The van der Waals surface area contributed by atoms with Crippen LogP contribution in [-0.2, 0) is 22.6 Å². The summed E-state index contributed by atoms with van der Waals surface area (Å²) >= 11 is 0. The van der Waals surface area contributed by atoms with Gasteiger partial charge in [-0.2, -0.15) is 0 Å². The van der Waals surface area contributed by atoms with E-state index in [4.69, 9.17) is 9.47 Å². The number of pyridine rings is 1. The van der Waals surface area contributed by atoms with E-state index in [9.17, 15) is 14.4 Å². The minimum atomic E-state index is -0.540. The second-order valence-corrected chi connectivity index (χ2v) is 11.3. The highest BCUT2D eigenvalue weighted by Crippen LogP contribution is 2.37. The maximum absolute atomic E-state index is 13.1. The first kappa shape index (κ1) is 25.2. The van der Waals surface area contributed by atoms with Crippen LogP contribution in [0.25, 0.3) is 0 Å². The highest BCUT2D eigenvalue weighted by Gasteiger charge is 2.38. The molecule has 3 aliphatic rings. The Kier molecular flexibility index (Phi) is 6.88. The minimum Gasteiger partial charge on any atom is -0.445 e. The molecule has 2 atom stereocenters. The zero-order valence-corrected chi connectivity index (χ0v) is 21.9. The number of nitrogens with zero attached hydrogens (tertiary/aromatic N) is 4. The van der Waals surface area contributed by atoms with Crippen molar-refractivity contribution in [1.29, 1.82) is 0 Å². The van der Waals surface area contributed by atoms with Gasteiger partial charge in [-0.25, -0.2) is 9.59 Å². The van der Waals surface area contributed by atoms with Crippen LogP contribution >= 0.6 is 0 Å². The summed E-state index contributed by atoms with van der Waals surface area (Å²) in [5.41, 5.74) is 2.27. The molecule has 0 aliphatic carbocycles. The Morgan fingerprint density at radius 3 is 2.35 bits per heavy atom. The zero-order chi connectivity index (χ0) is 26.2. The number of amides is 2. The second-order valence-electron chi connectivity index (χ2n) is 11.3. The second kappa shape index (κ2) is 10.1. The van der Waals surface area contributed by atoms with E-state index in [1.54, 1.807) is 15.9 Å². The van der Waals surface area contributed by atoms with Crippen molar-refractivity contribution in [3.05, 3.63) is 64.1 Å². The average molecular weight is 509 g/mol. The molecule has 0 spiro atoms. The normalized spacial score (nSPS) is 21.3. The first-order valence-electron chi connectivity index (χ1n) is 13.1. The van der Waals surface area contributed by atoms with Gasteiger partial charge in [-0.3, -0.25) is 4.79 Å². The van der Waals surface area contributed by atoms with Crippen molar-refractivity contribution >= 4 is 17.9 Å². The number of rotatable bonds is 3. The standard InChI is InChI=1S/C28H36N4O5/c1-28(2,3)37-27(35)31-16-21-13-22(18-31)24-14-23(15-25(33)32(24)17-21)29-9-11-30(12-10-29)26(34)36-19-20-7-5-4-6-8-20/h4-8,14-15,21-22H,9-13,16-19H2,1-3H3/t21?,22-/m0/s1. The molecule has 0 radical (unpaired) electrons. The summed E-state index contributed by atoms with van der Waals surface area (Å²) in [6.45, 7) is 9.97. The van der Waals surface area contributed by atoms with Gasteiger partial charge in [0.25, 0.3) is 5.56 Å². The number of piperazine rings is 1. The summed E-state index contributed by atoms with van der Waals surface area (Å²) in [6.07, 6.45) is 0.359. The van der Waals surface area contributed by atoms with Crippen LogP contribution in [0.3, 0.4) is 0 Å². The van der Waals surface area contributed by atoms with Crippen molar-refractivity contribution in [3.63, 3.8) is 0 Å². The number of carbonyl (C=O) groups excluding carboxylic acids is 2. The fourth-order valence-corrected chi connectivity index (χ4v) is 5.56. The van der Waals surface area contributed by atoms with Crippen molar-refractivity contribution in [2.24, 2.45) is 5.92 Å². The highest BCUT2D eigenvalue weighted by atomic mass is 16.6. The molecule has 3 aliphatic heterocycles. The summed E-state index contributed by atoms with van der Waals surface area (Å²) in [4.78, 5) is 44.0. The third-order valence-corrected chi connectivity index (χ3v) is 7.30. The molecular weight excluding hydrogens is 472 g/mol. The topological polar surface area (TPSA) is 84.3 Å². The Balaban J connectivity index is 1.23. The van der Waals surface area contributed by atoms with Crippen LogP contribution in [-0.4, -0.2) is 71.4 Å². The van der Waals surface area contributed by atoms with Crippen LogP contribution in [0.1, 0.15) is 44.4 Å². The third kappa shape index (κ3) is 5.76. The molecule has 9 heteroatoms. The van der Waals surface area contributed by atoms with E-state index in [2.05, 4.69) is 11.0 Å². The van der Waals surface area contributed by atoms with Gasteiger partial charge in [0, 0.05) is 69.2 Å². The lowest BCUT2D eigenvalue weighted by Crippen LogP contribution is -2.51. The van der Waals surface area contributed by atoms with Crippen molar-refractivity contribution < 1.29 is 19.1 Å². The summed E-state index contributed by atoms with van der Waals surface area (Å²) < 4.78 is 13.0. The molecule has 1 aromatic heterocycles. The molecule has 0 saturated carbocycles. The summed E-state index contributed by atoms with van der Waals surface area (Å²) in [5.74, 6) is 0.342. The van der Waals surface area contributed by atoms with Gasteiger partial charge in [0.15, 0.2) is 0 Å². The molecule has 1 unspecified atom stereocenters. The molecule has 37 heavy (non-hydrogen) atoms. The zero-order valence-electron chi connectivity index (χ0n) is 21.9. The van der Waals surface area contributed by atoms with Gasteiger partial charge in [0.05, 0.1) is 0 Å². The molecule has 1 aromatic carbocycles. The van der Waals surface area contributed by atoms with E-state index in [0.717, 1.165) is 23.4 Å². The van der Waals surface area contributed by atoms with Crippen LogP contribution in [0.2, 0.25) is 0 Å². The van der Waals surface area contributed by atoms with E-state index in [-0.39, 0.29) is 36.2 Å². The van der Waals surface area contributed by atoms with Crippen LogP contribution in [0.15, 0.2) is 47.3 Å². The van der Waals surface area contributed by atoms with Gasteiger partial charge >= 0.3 is 12.2 Å². The number of fused-ring (bicyclic) bond motifs is 4. The molecule has 0 N–H and O–H groups in total. The first-order chi connectivity index (χ1) is 17.7. The Labute approximate surface area is 217 Å². The molecule has 2 saturated heterocycles. The van der Waals surface area contributed by atoms with Crippen molar-refractivity contribution in [2.45, 2.75) is 51.9 Å². The lowest BCUT2D eigenvalue weighted by Gasteiger charge is -2.43. The third-order valence-electron chi connectivity index (χ3n) is 7.30. The fourth-order valence-electron chi connectivity index (χ4n) is 5.56. The Hall–Kier alpha value is -3.49. The molecule has 2 aromatic rings. The van der Waals surface area contributed by atoms with Gasteiger partial charge in [0.1, 0.15) is 12.2 Å². The fraction of sp³-hybridized carbons (Fsp3) is 0.536. The van der Waals surface area contributed by atoms with E-state index in [0.29, 0.717) is 45.8 Å². The van der Waals surface area contributed by atoms with Gasteiger partial charge in [-0.15, -0.1) is 0 Å². The molecular formula is C28H36N4O5. The largest absolute Gasteiger partial charge is 0.445 e. The number of hydrogen-bond donors (Lipinski definition) is 0. The number of ether oxygens (including phenoxy) is 2. The lowest BCUT2D eigenvalue weighted by atomic mass is 9.83. The molecule has 9 nitrogen and oxygen atoms in total. The Bertz CT molecular complexity index is 1200. The quantitative estimate of drug-likeness (QED) is 0.629.